The zero-order valence-corrected chi connectivity index (χ0v) is 9.54. The van der Waals surface area contributed by atoms with Crippen LogP contribution in [0, 0.1) is 0 Å². The largest absolute Gasteiger partial charge is 0.291 e. The fourth-order valence-corrected chi connectivity index (χ4v) is 1.56. The van der Waals surface area contributed by atoms with E-state index in [0.717, 1.165) is 0 Å². The van der Waals surface area contributed by atoms with Gasteiger partial charge in [0.15, 0.2) is 11.0 Å². The van der Waals surface area contributed by atoms with Gasteiger partial charge < -0.3 is 0 Å². The van der Waals surface area contributed by atoms with Crippen LogP contribution in [0.25, 0.3) is 0 Å². The van der Waals surface area contributed by atoms with Crippen LogP contribution in [0.1, 0.15) is 0 Å². The number of nitrogens with one attached hydrogen (secondary N) is 1. The van der Waals surface area contributed by atoms with E-state index in [1.54, 1.807) is 14.1 Å². The van der Waals surface area contributed by atoms with Gasteiger partial charge in [-0.2, -0.15) is 0 Å². The van der Waals surface area contributed by atoms with Crippen molar-refractivity contribution in [3.05, 3.63) is 16.4 Å². The summed E-state index contributed by atoms with van der Waals surface area (Å²) in [5, 5.41) is 1.98. The molecular weight excluding hydrogens is 216 g/mol. The van der Waals surface area contributed by atoms with Gasteiger partial charge in [0.2, 0.25) is 6.41 Å². The van der Waals surface area contributed by atoms with Gasteiger partial charge in [-0.15, -0.1) is 0 Å². The summed E-state index contributed by atoms with van der Waals surface area (Å²) in [6, 6.07) is 1.36. The summed E-state index contributed by atoms with van der Waals surface area (Å²) in [7, 11) is 3.26. The summed E-state index contributed by atoms with van der Waals surface area (Å²) in [5.41, 5.74) is 2.23. The average molecular weight is 228 g/mol. The van der Waals surface area contributed by atoms with E-state index in [-0.39, 0.29) is 5.56 Å². The topological polar surface area (TPSA) is 67.2 Å². The summed E-state index contributed by atoms with van der Waals surface area (Å²) in [4.78, 5) is 25.9. The molecule has 7 heteroatoms. The van der Waals surface area contributed by atoms with Crippen molar-refractivity contribution in [3.63, 3.8) is 0 Å². The minimum Gasteiger partial charge on any atom is -0.291 e. The Labute approximate surface area is 91.3 Å². The summed E-state index contributed by atoms with van der Waals surface area (Å²) in [6.45, 7) is 0. The minimum atomic E-state index is -0.163. The van der Waals surface area contributed by atoms with Crippen molar-refractivity contribution in [3.8, 4) is 0 Å². The van der Waals surface area contributed by atoms with Crippen molar-refractivity contribution in [1.29, 1.82) is 0 Å². The molecule has 0 aliphatic carbocycles. The summed E-state index contributed by atoms with van der Waals surface area (Å²) in [6.07, 6.45) is 2.36. The van der Waals surface area contributed by atoms with E-state index < -0.39 is 0 Å². The van der Waals surface area contributed by atoms with Gasteiger partial charge in [-0.1, -0.05) is 11.8 Å². The number of carbonyl (C=O) groups is 1. The van der Waals surface area contributed by atoms with E-state index in [4.69, 9.17) is 0 Å². The van der Waals surface area contributed by atoms with Gasteiger partial charge in [-0.05, 0) is 6.26 Å². The van der Waals surface area contributed by atoms with Crippen LogP contribution >= 0.6 is 11.8 Å². The molecule has 1 amide bonds. The number of anilines is 1. The van der Waals surface area contributed by atoms with Crippen molar-refractivity contribution in [2.75, 3.05) is 18.3 Å². The van der Waals surface area contributed by atoms with Crippen LogP contribution in [0.5, 0.6) is 0 Å². The van der Waals surface area contributed by atoms with E-state index in [1.165, 1.54) is 27.4 Å². The molecule has 15 heavy (non-hydrogen) atoms. The SMILES string of the molecule is CSc1nc(N(C)NC=O)cc(=O)n1C. The second-order valence-corrected chi connectivity index (χ2v) is 3.58. The Morgan fingerprint density at radius 3 is 2.87 bits per heavy atom. The molecule has 0 saturated carbocycles. The number of thioether (sulfide) groups is 1. The Bertz CT molecular complexity index is 418. The molecular formula is C8H12N4O2S. The third-order valence-corrected chi connectivity index (χ3v) is 2.58. The van der Waals surface area contributed by atoms with Crippen molar-refractivity contribution in [2.24, 2.45) is 7.05 Å². The quantitative estimate of drug-likeness (QED) is 0.329. The minimum absolute atomic E-state index is 0.163. The first-order valence-corrected chi connectivity index (χ1v) is 5.38. The second kappa shape index (κ2) is 4.83. The van der Waals surface area contributed by atoms with Gasteiger partial charge in [0.1, 0.15) is 0 Å². The molecule has 82 valence electrons. The highest BCUT2D eigenvalue weighted by atomic mass is 32.2. The Morgan fingerprint density at radius 2 is 2.33 bits per heavy atom. The molecule has 6 nitrogen and oxygen atoms in total. The molecule has 0 spiro atoms. The number of hydrazine groups is 1. The lowest BCUT2D eigenvalue weighted by Gasteiger charge is -2.17. The molecule has 1 heterocycles. The predicted octanol–water partition coefficient (Wildman–Crippen LogP) is -0.401. The molecule has 0 aliphatic rings. The van der Waals surface area contributed by atoms with Crippen LogP contribution in [-0.4, -0.2) is 29.3 Å². The normalized spacial score (nSPS) is 9.80. The van der Waals surface area contributed by atoms with E-state index in [0.29, 0.717) is 17.4 Å². The lowest BCUT2D eigenvalue weighted by Crippen LogP contribution is -2.35. The maximum Gasteiger partial charge on any atom is 0.256 e. The van der Waals surface area contributed by atoms with Crippen molar-refractivity contribution in [1.82, 2.24) is 15.0 Å². The first kappa shape index (κ1) is 11.6. The highest BCUT2D eigenvalue weighted by Crippen LogP contribution is 2.12. The fraction of sp³-hybridized carbons (Fsp3) is 0.375. The number of aromatic nitrogens is 2. The maximum atomic E-state index is 11.5. The van der Waals surface area contributed by atoms with E-state index in [1.807, 2.05) is 6.26 Å². The number of amides is 1. The fourth-order valence-electron chi connectivity index (χ4n) is 1.01. The summed E-state index contributed by atoms with van der Waals surface area (Å²) >= 11 is 1.37. The predicted molar refractivity (Wildman–Crippen MR) is 58.9 cm³/mol. The highest BCUT2D eigenvalue weighted by Gasteiger charge is 2.07. The molecule has 0 unspecified atom stereocenters. The number of carbonyl (C=O) groups excluding carboxylic acids is 1. The standard InChI is InChI=1S/C8H12N4O2S/c1-11-7(14)4-6(10-8(11)15-3)12(2)9-5-13/h4-5H,1-3H3,(H,9,13). The zero-order chi connectivity index (χ0) is 11.4. The number of hydrogen-bond donors (Lipinski definition) is 1. The molecule has 1 N–H and O–H groups in total. The maximum absolute atomic E-state index is 11.5. The smallest absolute Gasteiger partial charge is 0.256 e. The lowest BCUT2D eigenvalue weighted by atomic mass is 10.5. The highest BCUT2D eigenvalue weighted by molar-refractivity contribution is 7.98. The monoisotopic (exact) mass is 228 g/mol. The van der Waals surface area contributed by atoms with Gasteiger partial charge in [-0.25, -0.2) is 4.98 Å². The van der Waals surface area contributed by atoms with Crippen molar-refractivity contribution in [2.45, 2.75) is 5.16 Å². The Kier molecular flexibility index (Phi) is 3.73. The third-order valence-electron chi connectivity index (χ3n) is 1.85. The first-order chi connectivity index (χ1) is 7.10. The molecule has 0 fully saturated rings. The first-order valence-electron chi connectivity index (χ1n) is 4.15. The summed E-state index contributed by atoms with van der Waals surface area (Å²) < 4.78 is 1.45. The van der Waals surface area contributed by atoms with Crippen LogP contribution in [-0.2, 0) is 11.8 Å². The zero-order valence-electron chi connectivity index (χ0n) is 8.72. The molecule has 0 radical (unpaired) electrons. The molecule has 0 aromatic carbocycles. The number of hydrogen-bond acceptors (Lipinski definition) is 5. The van der Waals surface area contributed by atoms with Crippen LogP contribution in [0.3, 0.4) is 0 Å². The van der Waals surface area contributed by atoms with Gasteiger partial charge in [0.05, 0.1) is 0 Å². The molecule has 0 aliphatic heterocycles. The number of nitrogens with zero attached hydrogens (tertiary/aromatic N) is 3. The van der Waals surface area contributed by atoms with Crippen LogP contribution in [0.2, 0.25) is 0 Å². The Morgan fingerprint density at radius 1 is 1.67 bits per heavy atom. The molecule has 1 rings (SSSR count). The van der Waals surface area contributed by atoms with Gasteiger partial charge in [-0.3, -0.25) is 24.6 Å². The molecule has 0 bridgehead atoms. The molecule has 1 aromatic heterocycles. The molecule has 1 aromatic rings. The van der Waals surface area contributed by atoms with Gasteiger partial charge in [0.25, 0.3) is 5.56 Å². The molecule has 0 atom stereocenters. The van der Waals surface area contributed by atoms with Crippen LogP contribution in [0.15, 0.2) is 16.0 Å². The second-order valence-electron chi connectivity index (χ2n) is 2.80. The van der Waals surface area contributed by atoms with Crippen LogP contribution < -0.4 is 16.0 Å². The lowest BCUT2D eigenvalue weighted by molar-refractivity contribution is -0.109. The average Bonchev–Trinajstić information content (AvgIpc) is 2.22. The van der Waals surface area contributed by atoms with Crippen molar-refractivity contribution >= 4 is 24.0 Å². The summed E-state index contributed by atoms with van der Waals surface area (Å²) in [5.74, 6) is 0.412. The van der Waals surface area contributed by atoms with Gasteiger partial charge >= 0.3 is 0 Å². The van der Waals surface area contributed by atoms with E-state index in [9.17, 15) is 9.59 Å². The molecule has 0 saturated heterocycles. The van der Waals surface area contributed by atoms with E-state index >= 15 is 0 Å². The van der Waals surface area contributed by atoms with Crippen molar-refractivity contribution < 1.29 is 4.79 Å². The third kappa shape index (κ3) is 2.50. The van der Waals surface area contributed by atoms with Crippen LogP contribution in [0.4, 0.5) is 5.82 Å². The number of rotatable bonds is 4. The Hall–Kier alpha value is -1.50. The Balaban J connectivity index is 3.16. The van der Waals surface area contributed by atoms with Gasteiger partial charge in [0, 0.05) is 20.2 Å². The van der Waals surface area contributed by atoms with E-state index in [2.05, 4.69) is 10.4 Å².